The molecule has 0 saturated carbocycles. The molecule has 0 saturated heterocycles. The van der Waals surface area contributed by atoms with E-state index < -0.39 is 41.3 Å². The second-order valence-electron chi connectivity index (χ2n) is 14.6. The number of amides is 1. The maximum Gasteiger partial charge on any atom is 0.416 e. The molecular formula is C43H43F4N7O5. The van der Waals surface area contributed by atoms with Crippen molar-refractivity contribution in [3.8, 4) is 17.0 Å². The van der Waals surface area contributed by atoms with Crippen LogP contribution in [0, 0.1) is 5.82 Å². The van der Waals surface area contributed by atoms with E-state index >= 15 is 0 Å². The number of alkyl halides is 3. The van der Waals surface area contributed by atoms with Crippen molar-refractivity contribution in [2.75, 3.05) is 23.9 Å². The largest absolute Gasteiger partial charge is 0.473 e. The first-order valence-corrected chi connectivity index (χ1v) is 18.6. The van der Waals surface area contributed by atoms with Gasteiger partial charge in [0.1, 0.15) is 34.7 Å². The van der Waals surface area contributed by atoms with E-state index in [-0.39, 0.29) is 41.6 Å². The van der Waals surface area contributed by atoms with Crippen LogP contribution in [0.4, 0.5) is 34.0 Å². The summed E-state index contributed by atoms with van der Waals surface area (Å²) in [4.78, 5) is 36.4. The predicted octanol–water partition coefficient (Wildman–Crippen LogP) is 8.85. The van der Waals surface area contributed by atoms with Crippen molar-refractivity contribution in [3.63, 3.8) is 0 Å². The highest BCUT2D eigenvalue weighted by molar-refractivity contribution is 5.98. The number of halogens is 4. The molecule has 0 unspecified atom stereocenters. The number of benzene rings is 3. The van der Waals surface area contributed by atoms with Gasteiger partial charge in [0.05, 0.1) is 37.2 Å². The Hall–Kier alpha value is -6.71. The highest BCUT2D eigenvalue weighted by atomic mass is 19.4. The summed E-state index contributed by atoms with van der Waals surface area (Å²) < 4.78 is 74.3. The first-order valence-electron chi connectivity index (χ1n) is 18.6. The van der Waals surface area contributed by atoms with Crippen LogP contribution in [-0.4, -0.2) is 57.0 Å². The molecule has 0 radical (unpaired) electrons. The van der Waals surface area contributed by atoms with Crippen LogP contribution >= 0.6 is 0 Å². The summed E-state index contributed by atoms with van der Waals surface area (Å²) in [6.45, 7) is 7.39. The molecule has 12 nitrogen and oxygen atoms in total. The molecule has 0 bridgehead atoms. The maximum atomic E-state index is 14.8. The quantitative estimate of drug-likeness (QED) is 0.0812. The summed E-state index contributed by atoms with van der Waals surface area (Å²) in [5, 5.41) is 10.5. The van der Waals surface area contributed by atoms with Crippen molar-refractivity contribution in [1.82, 2.24) is 24.9 Å². The molecule has 0 spiro atoms. The summed E-state index contributed by atoms with van der Waals surface area (Å²) in [7, 11) is 1.22. The number of nitrogens with one attached hydrogen (secondary N) is 2. The number of hydrogen-bond acceptors (Lipinski definition) is 10. The van der Waals surface area contributed by atoms with Gasteiger partial charge in [-0.1, -0.05) is 72.8 Å². The molecule has 3 aromatic heterocycles. The minimum absolute atomic E-state index is 0.0258. The van der Waals surface area contributed by atoms with Gasteiger partial charge in [-0.05, 0) is 62.6 Å². The van der Waals surface area contributed by atoms with Gasteiger partial charge in [0, 0.05) is 25.2 Å². The molecule has 308 valence electrons. The van der Waals surface area contributed by atoms with Gasteiger partial charge in [-0.2, -0.15) is 22.8 Å². The summed E-state index contributed by atoms with van der Waals surface area (Å²) in [6.07, 6.45) is -3.58. The number of fused-ring (bicyclic) bond motifs is 1. The third-order valence-corrected chi connectivity index (χ3v) is 8.84. The average molecular weight is 814 g/mol. The number of methoxy groups -OCH3 is 1. The van der Waals surface area contributed by atoms with Crippen LogP contribution in [0.1, 0.15) is 60.3 Å². The zero-order chi connectivity index (χ0) is 42.3. The van der Waals surface area contributed by atoms with Crippen LogP contribution in [0.2, 0.25) is 0 Å². The molecule has 6 rings (SSSR count). The molecule has 6 aromatic rings. The minimum Gasteiger partial charge on any atom is -0.473 e. The van der Waals surface area contributed by atoms with E-state index in [1.54, 1.807) is 27.7 Å². The van der Waals surface area contributed by atoms with Gasteiger partial charge >= 0.3 is 18.2 Å². The number of alkyl carbamates (subject to hydrolysis) is 1. The van der Waals surface area contributed by atoms with E-state index in [2.05, 4.69) is 20.7 Å². The van der Waals surface area contributed by atoms with E-state index in [9.17, 15) is 27.2 Å². The maximum absolute atomic E-state index is 14.8. The number of rotatable bonds is 14. The summed E-state index contributed by atoms with van der Waals surface area (Å²) >= 11 is 0. The Labute approximate surface area is 338 Å². The minimum atomic E-state index is -4.60. The normalized spacial score (nSPS) is 12.2. The van der Waals surface area contributed by atoms with Crippen LogP contribution in [-0.2, 0) is 35.3 Å². The van der Waals surface area contributed by atoms with Crippen LogP contribution < -0.4 is 20.3 Å². The van der Waals surface area contributed by atoms with Gasteiger partial charge < -0.3 is 29.7 Å². The number of esters is 1. The van der Waals surface area contributed by atoms with Crippen LogP contribution in [0.3, 0.4) is 0 Å². The first-order chi connectivity index (χ1) is 28.1. The SMILES string of the molecule is COC(=O)c1cnn2c(N(Cc3ccccc3)Cc3ccccc3)c(-c3ccc(C(F)(F)F)cc3)c(NCc3cc(F)cnc3O[C@@H](C)CNC(=O)OC(C)(C)C)nc12. The standard InChI is InChI=1S/C43H43F4N7O5/c1-27(21-50-41(56)59-42(2,3)4)58-38-31(20-33(44)23-49-38)22-48-36-35(30-16-18-32(19-17-30)43(45,46)47)39(54-37(52-36)34(24-51-54)40(55)57-5)53(25-28-12-8-6-9-13-28)26-29-14-10-7-11-15-29/h6-20,23-24,27H,21-22,25-26H2,1-5H3,(H,48,52)(H,50,56)/t27-/m0/s1. The third kappa shape index (κ3) is 10.6. The second-order valence-corrected chi connectivity index (χ2v) is 14.6. The average Bonchev–Trinajstić information content (AvgIpc) is 3.62. The Morgan fingerprint density at radius 3 is 2.10 bits per heavy atom. The molecule has 59 heavy (non-hydrogen) atoms. The summed E-state index contributed by atoms with van der Waals surface area (Å²) in [5.74, 6) is -0.830. The fraction of sp³-hybridized carbons (Fsp3) is 0.279. The second kappa shape index (κ2) is 17.8. The van der Waals surface area contributed by atoms with Gasteiger partial charge in [-0.25, -0.2) is 23.9 Å². The number of nitrogens with zero attached hydrogens (tertiary/aromatic N) is 5. The van der Waals surface area contributed by atoms with Gasteiger partial charge in [0.15, 0.2) is 5.65 Å². The van der Waals surface area contributed by atoms with Gasteiger partial charge in [-0.15, -0.1) is 0 Å². The molecular weight excluding hydrogens is 771 g/mol. The molecule has 0 aliphatic heterocycles. The molecule has 0 aliphatic rings. The summed E-state index contributed by atoms with van der Waals surface area (Å²) in [6, 6.07) is 25.0. The van der Waals surface area contributed by atoms with Gasteiger partial charge in [0.25, 0.3) is 0 Å². The van der Waals surface area contributed by atoms with Gasteiger partial charge in [0.2, 0.25) is 5.88 Å². The molecule has 3 heterocycles. The zero-order valence-electron chi connectivity index (χ0n) is 33.0. The fourth-order valence-electron chi connectivity index (χ4n) is 6.21. The van der Waals surface area contributed by atoms with E-state index in [1.165, 1.54) is 36.0 Å². The molecule has 16 heteroatoms. The van der Waals surface area contributed by atoms with E-state index in [0.717, 1.165) is 29.5 Å². The van der Waals surface area contributed by atoms with E-state index in [1.807, 2.05) is 65.6 Å². The number of hydrogen-bond donors (Lipinski definition) is 2. The van der Waals surface area contributed by atoms with E-state index in [4.69, 9.17) is 19.2 Å². The lowest BCUT2D eigenvalue weighted by Gasteiger charge is -2.29. The van der Waals surface area contributed by atoms with Crippen molar-refractivity contribution in [1.29, 1.82) is 0 Å². The van der Waals surface area contributed by atoms with Crippen molar-refractivity contribution in [2.24, 2.45) is 0 Å². The number of carbonyl (C=O) groups is 2. The smallest absolute Gasteiger partial charge is 0.416 e. The zero-order valence-corrected chi connectivity index (χ0v) is 33.0. The molecule has 0 aliphatic carbocycles. The van der Waals surface area contributed by atoms with Crippen molar-refractivity contribution < 1.29 is 41.4 Å². The van der Waals surface area contributed by atoms with E-state index in [0.29, 0.717) is 30.0 Å². The molecule has 1 amide bonds. The highest BCUT2D eigenvalue weighted by Crippen LogP contribution is 2.41. The number of pyridine rings is 1. The van der Waals surface area contributed by atoms with Crippen LogP contribution in [0.5, 0.6) is 5.88 Å². The predicted molar refractivity (Wildman–Crippen MR) is 213 cm³/mol. The summed E-state index contributed by atoms with van der Waals surface area (Å²) in [5.41, 5.74) is 1.28. The van der Waals surface area contributed by atoms with Crippen molar-refractivity contribution in [3.05, 3.63) is 137 Å². The lowest BCUT2D eigenvalue weighted by atomic mass is 10.0. The Balaban J connectivity index is 1.49. The number of anilines is 2. The number of ether oxygens (including phenoxy) is 3. The molecule has 3 aromatic carbocycles. The fourth-order valence-corrected chi connectivity index (χ4v) is 6.21. The Kier molecular flexibility index (Phi) is 12.7. The number of aromatic nitrogens is 4. The molecule has 0 fully saturated rings. The Bertz CT molecular complexity index is 2350. The third-order valence-electron chi connectivity index (χ3n) is 8.84. The Morgan fingerprint density at radius 1 is 0.898 bits per heavy atom. The highest BCUT2D eigenvalue weighted by Gasteiger charge is 2.32. The van der Waals surface area contributed by atoms with Crippen molar-refractivity contribution >= 4 is 29.3 Å². The Morgan fingerprint density at radius 2 is 1.53 bits per heavy atom. The first kappa shape index (κ1) is 41.9. The van der Waals surface area contributed by atoms with Crippen LogP contribution in [0.25, 0.3) is 16.8 Å². The van der Waals surface area contributed by atoms with Gasteiger partial charge in [-0.3, -0.25) is 0 Å². The number of carbonyl (C=O) groups excluding carboxylic acids is 2. The van der Waals surface area contributed by atoms with Crippen LogP contribution in [0.15, 0.2) is 103 Å². The lowest BCUT2D eigenvalue weighted by molar-refractivity contribution is -0.137. The molecule has 2 N–H and O–H groups in total. The topological polar surface area (TPSA) is 132 Å². The van der Waals surface area contributed by atoms with Crippen molar-refractivity contribution in [2.45, 2.75) is 65.2 Å². The molecule has 1 atom stereocenters. The monoisotopic (exact) mass is 813 g/mol. The lowest BCUT2D eigenvalue weighted by Crippen LogP contribution is -2.37.